The third-order valence-corrected chi connectivity index (χ3v) is 6.21. The molecule has 3 nitrogen and oxygen atoms in total. The van der Waals surface area contributed by atoms with Crippen LogP contribution in [0, 0.1) is 0 Å². The molecule has 3 aromatic carbocycles. The first kappa shape index (κ1) is 19.1. The average molecular weight is 432 g/mol. The molecule has 1 aliphatic rings. The lowest BCUT2D eigenvalue weighted by atomic mass is 9.75. The fourth-order valence-electron chi connectivity index (χ4n) is 4.52. The highest BCUT2D eigenvalue weighted by atomic mass is 35.5. The highest BCUT2D eigenvalue weighted by molar-refractivity contribution is 6.32. The molecule has 0 spiro atoms. The van der Waals surface area contributed by atoms with Gasteiger partial charge in [-0.3, -0.25) is 0 Å². The van der Waals surface area contributed by atoms with Gasteiger partial charge in [-0.2, -0.15) is 0 Å². The summed E-state index contributed by atoms with van der Waals surface area (Å²) in [5.74, 6) is 0.788. The van der Waals surface area contributed by atoms with E-state index < -0.39 is 5.54 Å². The van der Waals surface area contributed by atoms with Gasteiger partial charge in [-0.25, -0.2) is 9.97 Å². The fourth-order valence-corrected chi connectivity index (χ4v) is 4.99. The Balaban J connectivity index is 1.88. The normalized spacial score (nSPS) is 13.3. The second kappa shape index (κ2) is 7.75. The molecule has 0 radical (unpaired) electrons. The predicted molar refractivity (Wildman–Crippen MR) is 122 cm³/mol. The Morgan fingerprint density at radius 3 is 1.60 bits per heavy atom. The highest BCUT2D eigenvalue weighted by Gasteiger charge is 2.46. The molecule has 4 aromatic rings. The van der Waals surface area contributed by atoms with Crippen molar-refractivity contribution in [3.8, 4) is 0 Å². The SMILES string of the molecule is Clc1nc(Cl)c2c(n1)N(C(c1ccccc1)(c1ccccc1)c1ccccc1)CC2. The van der Waals surface area contributed by atoms with E-state index in [0.29, 0.717) is 5.15 Å². The smallest absolute Gasteiger partial charge is 0.225 e. The average Bonchev–Trinajstić information content (AvgIpc) is 3.21. The van der Waals surface area contributed by atoms with Gasteiger partial charge in [0.25, 0.3) is 0 Å². The number of fused-ring (bicyclic) bond motifs is 1. The lowest BCUT2D eigenvalue weighted by molar-refractivity contribution is 0.570. The molecule has 0 N–H and O–H groups in total. The van der Waals surface area contributed by atoms with E-state index in [1.165, 1.54) is 0 Å². The molecule has 0 fully saturated rings. The third kappa shape index (κ3) is 2.97. The van der Waals surface area contributed by atoms with Gasteiger partial charge < -0.3 is 4.90 Å². The number of hydrogen-bond donors (Lipinski definition) is 0. The molecule has 148 valence electrons. The van der Waals surface area contributed by atoms with Crippen LogP contribution in [0.4, 0.5) is 5.82 Å². The molecule has 1 aliphatic heterocycles. The number of halogens is 2. The van der Waals surface area contributed by atoms with E-state index in [4.69, 9.17) is 23.2 Å². The summed E-state index contributed by atoms with van der Waals surface area (Å²) >= 11 is 12.7. The number of hydrogen-bond acceptors (Lipinski definition) is 3. The van der Waals surface area contributed by atoms with Crippen LogP contribution in [0.2, 0.25) is 10.4 Å². The van der Waals surface area contributed by atoms with Crippen molar-refractivity contribution >= 4 is 29.0 Å². The molecule has 2 heterocycles. The van der Waals surface area contributed by atoms with Crippen LogP contribution in [0.1, 0.15) is 22.3 Å². The molecule has 5 heteroatoms. The van der Waals surface area contributed by atoms with Gasteiger partial charge in [0.15, 0.2) is 0 Å². The van der Waals surface area contributed by atoms with Crippen LogP contribution >= 0.6 is 23.2 Å². The first-order chi connectivity index (χ1) is 14.7. The molecule has 0 unspecified atom stereocenters. The topological polar surface area (TPSA) is 29.0 Å². The van der Waals surface area contributed by atoms with Crippen LogP contribution in [0.3, 0.4) is 0 Å². The number of nitrogens with zero attached hydrogens (tertiary/aromatic N) is 3. The van der Waals surface area contributed by atoms with E-state index >= 15 is 0 Å². The first-order valence-electron chi connectivity index (χ1n) is 9.87. The Morgan fingerprint density at radius 2 is 1.13 bits per heavy atom. The van der Waals surface area contributed by atoms with E-state index in [1.807, 2.05) is 18.2 Å². The third-order valence-electron chi connectivity index (χ3n) is 5.73. The number of aromatic nitrogens is 2. The van der Waals surface area contributed by atoms with Crippen molar-refractivity contribution in [3.63, 3.8) is 0 Å². The van der Waals surface area contributed by atoms with Gasteiger partial charge in [-0.05, 0) is 34.7 Å². The molecule has 0 amide bonds. The molecular weight excluding hydrogens is 413 g/mol. The minimum Gasteiger partial charge on any atom is -0.338 e. The summed E-state index contributed by atoms with van der Waals surface area (Å²) in [5.41, 5.74) is 3.81. The van der Waals surface area contributed by atoms with Crippen LogP contribution in [-0.4, -0.2) is 16.5 Å². The molecule has 0 saturated carbocycles. The summed E-state index contributed by atoms with van der Waals surface area (Å²) in [5, 5.41) is 0.587. The van der Waals surface area contributed by atoms with Crippen LogP contribution in [0.5, 0.6) is 0 Å². The maximum absolute atomic E-state index is 6.47. The van der Waals surface area contributed by atoms with E-state index in [1.54, 1.807) is 0 Å². The molecule has 30 heavy (non-hydrogen) atoms. The summed E-state index contributed by atoms with van der Waals surface area (Å²) in [6.07, 6.45) is 0.763. The predicted octanol–water partition coefficient (Wildman–Crippen LogP) is 6.14. The van der Waals surface area contributed by atoms with Crippen molar-refractivity contribution in [3.05, 3.63) is 124 Å². The van der Waals surface area contributed by atoms with Gasteiger partial charge in [0.2, 0.25) is 5.28 Å². The van der Waals surface area contributed by atoms with Crippen molar-refractivity contribution in [1.29, 1.82) is 0 Å². The Bertz CT molecular complexity index is 1070. The molecule has 5 rings (SSSR count). The highest BCUT2D eigenvalue weighted by Crippen LogP contribution is 2.48. The monoisotopic (exact) mass is 431 g/mol. The Hall–Kier alpha value is -2.88. The van der Waals surface area contributed by atoms with Crippen molar-refractivity contribution in [1.82, 2.24) is 9.97 Å². The molecule has 0 atom stereocenters. The quantitative estimate of drug-likeness (QED) is 0.220. The molecular formula is C25H19Cl2N3. The van der Waals surface area contributed by atoms with Crippen molar-refractivity contribution in [2.45, 2.75) is 12.0 Å². The Kier molecular flexibility index (Phi) is 4.93. The van der Waals surface area contributed by atoms with E-state index in [0.717, 1.165) is 41.0 Å². The second-order valence-corrected chi connectivity index (χ2v) is 7.99. The minimum absolute atomic E-state index is 0.161. The summed E-state index contributed by atoms with van der Waals surface area (Å²) in [7, 11) is 0. The van der Waals surface area contributed by atoms with Crippen molar-refractivity contribution in [2.75, 3.05) is 11.4 Å². The summed E-state index contributed by atoms with van der Waals surface area (Å²) in [6, 6.07) is 31.6. The first-order valence-corrected chi connectivity index (χ1v) is 10.6. The van der Waals surface area contributed by atoms with Crippen molar-refractivity contribution in [2.24, 2.45) is 0 Å². The fraction of sp³-hybridized carbons (Fsp3) is 0.120. The van der Waals surface area contributed by atoms with Crippen LogP contribution in [0.25, 0.3) is 0 Å². The number of rotatable bonds is 4. The largest absolute Gasteiger partial charge is 0.338 e. The lowest BCUT2D eigenvalue weighted by Crippen LogP contribution is -2.48. The second-order valence-electron chi connectivity index (χ2n) is 7.30. The van der Waals surface area contributed by atoms with E-state index in [9.17, 15) is 0 Å². The Labute approximate surface area is 185 Å². The van der Waals surface area contributed by atoms with E-state index in [-0.39, 0.29) is 5.28 Å². The van der Waals surface area contributed by atoms with Crippen LogP contribution in [0.15, 0.2) is 91.0 Å². The van der Waals surface area contributed by atoms with Gasteiger partial charge in [-0.15, -0.1) is 0 Å². The van der Waals surface area contributed by atoms with Crippen LogP contribution in [-0.2, 0) is 12.0 Å². The van der Waals surface area contributed by atoms with Gasteiger partial charge in [0.05, 0.1) is 0 Å². The van der Waals surface area contributed by atoms with E-state index in [2.05, 4.69) is 87.7 Å². The Morgan fingerprint density at radius 1 is 0.667 bits per heavy atom. The molecule has 1 aromatic heterocycles. The number of anilines is 1. The summed E-state index contributed by atoms with van der Waals surface area (Å²) < 4.78 is 0. The lowest BCUT2D eigenvalue weighted by Gasteiger charge is -2.44. The standard InChI is InChI=1S/C25H19Cl2N3/c26-22-21-16-17-30(23(21)29-24(27)28-22)25(18-10-4-1-5-11-18,19-12-6-2-7-13-19)20-14-8-3-9-15-20/h1-15H,16-17H2. The molecule has 0 saturated heterocycles. The summed E-state index contributed by atoms with van der Waals surface area (Å²) in [4.78, 5) is 11.1. The maximum Gasteiger partial charge on any atom is 0.225 e. The van der Waals surface area contributed by atoms with Gasteiger partial charge >= 0.3 is 0 Å². The summed E-state index contributed by atoms with van der Waals surface area (Å²) in [6.45, 7) is 0.753. The zero-order chi connectivity index (χ0) is 20.6. The molecule has 0 aliphatic carbocycles. The maximum atomic E-state index is 6.47. The van der Waals surface area contributed by atoms with Crippen LogP contribution < -0.4 is 4.90 Å². The van der Waals surface area contributed by atoms with Gasteiger partial charge in [0, 0.05) is 12.1 Å². The van der Waals surface area contributed by atoms with Gasteiger partial charge in [-0.1, -0.05) is 103 Å². The number of benzene rings is 3. The van der Waals surface area contributed by atoms with Crippen molar-refractivity contribution < 1.29 is 0 Å². The zero-order valence-electron chi connectivity index (χ0n) is 16.2. The zero-order valence-corrected chi connectivity index (χ0v) is 17.7. The molecule has 0 bridgehead atoms. The minimum atomic E-state index is -0.587. The van der Waals surface area contributed by atoms with Gasteiger partial charge in [0.1, 0.15) is 16.5 Å².